The fourth-order valence-corrected chi connectivity index (χ4v) is 5.25. The SMILES string of the molecule is C.CC.CC.CC(=O)N(C)CN(C)C(C)=O.CC(=O)N(C)CN(C)C(C)=O.CC(=O)N1CCC1.CC(=O)N1Cc2bbcbc2C1.CC(N)=O.COCC(C)=O.COS(=O)CC(C)=O.COS(=O)CC(C)=O.COS(=O)NC(C)=O.[B].[B][B]. The van der Waals surface area contributed by atoms with Gasteiger partial charge in [0.15, 0.2) is 27.9 Å². The number of likely N-dealkylation sites (tertiary alicyclic amines) is 1. The van der Waals surface area contributed by atoms with E-state index in [4.69, 9.17) is 0 Å². The number of nitrogens with two attached hydrogens (primary N) is 1. The molecule has 3 N–H and O–H groups in total. The number of hydrogen-bond acceptors (Lipinski definition) is 18. The summed E-state index contributed by atoms with van der Waals surface area (Å²) >= 11 is -4.47. The van der Waals surface area contributed by atoms with Crippen molar-refractivity contribution >= 4 is 142 Å². The number of carbonyl (C=O) groups excluding carboxylic acids is 11. The summed E-state index contributed by atoms with van der Waals surface area (Å²) in [5.74, 6) is 1.33. The summed E-state index contributed by atoms with van der Waals surface area (Å²) < 4.78 is 50.0. The molecule has 7 radical (unpaired) electrons. The third kappa shape index (κ3) is 81.3. The number of primary amides is 1. The molecule has 26 nitrogen and oxygen atoms in total. The molecule has 2 aliphatic heterocycles. The summed E-state index contributed by atoms with van der Waals surface area (Å²) in [4.78, 5) is 123. The Kier molecular flexibility index (Phi) is 86.4. The maximum atomic E-state index is 11.0. The second kappa shape index (κ2) is 69.6. The quantitative estimate of drug-likeness (QED) is 0.183. The summed E-state index contributed by atoms with van der Waals surface area (Å²) in [6.45, 7) is 34.5. The van der Waals surface area contributed by atoms with E-state index in [1.54, 1.807) is 42.0 Å². The number of ether oxygens (including phenoxy) is 1. The zero-order chi connectivity index (χ0) is 66.1. The Morgan fingerprint density at radius 2 is 0.892 bits per heavy atom. The van der Waals surface area contributed by atoms with Gasteiger partial charge in [-0.2, -0.15) is 0 Å². The second-order valence-corrected chi connectivity index (χ2v) is 19.1. The predicted octanol–water partition coefficient (Wildman–Crippen LogP) is -0.0193. The molecule has 0 aliphatic carbocycles. The van der Waals surface area contributed by atoms with Crippen LogP contribution in [0.2, 0.25) is 0 Å². The number of fused-ring (bicyclic) bond motifs is 1. The molecule has 8 amide bonds. The molecule has 473 valence electrons. The zero-order valence-electron chi connectivity index (χ0n) is 52.9. The van der Waals surface area contributed by atoms with Crippen molar-refractivity contribution in [2.45, 2.75) is 131 Å². The van der Waals surface area contributed by atoms with Crippen molar-refractivity contribution in [2.24, 2.45) is 5.73 Å². The van der Waals surface area contributed by atoms with Crippen LogP contribution in [0.3, 0.4) is 0 Å². The van der Waals surface area contributed by atoms with Gasteiger partial charge in [0.2, 0.25) is 41.4 Å². The van der Waals surface area contributed by atoms with E-state index in [9.17, 15) is 65.4 Å². The molecule has 1 fully saturated rings. The van der Waals surface area contributed by atoms with Crippen LogP contribution in [0.5, 0.6) is 0 Å². The van der Waals surface area contributed by atoms with Crippen molar-refractivity contribution in [3.05, 3.63) is 16.8 Å². The van der Waals surface area contributed by atoms with Crippen molar-refractivity contribution in [3.63, 3.8) is 0 Å². The number of nitrogens with zero attached hydrogens (tertiary/aromatic N) is 6. The number of carbonyl (C=O) groups is 11. The fourth-order valence-electron chi connectivity index (χ4n) is 4.03. The molecular weight excluding hydrogens is 1140 g/mol. The minimum atomic E-state index is -1.66. The van der Waals surface area contributed by atoms with Crippen molar-refractivity contribution in [3.8, 4) is 0 Å². The minimum absolute atomic E-state index is 0. The Hall–Kier alpha value is -4.94. The Morgan fingerprint density at radius 1 is 0.578 bits per heavy atom. The van der Waals surface area contributed by atoms with Crippen molar-refractivity contribution < 1.29 is 82.7 Å². The average molecular weight is 1240 g/mol. The first-order valence-corrected chi connectivity index (χ1v) is 28.1. The van der Waals surface area contributed by atoms with Crippen LogP contribution in [0, 0.1) is 0 Å². The van der Waals surface area contributed by atoms with Gasteiger partial charge in [0.05, 0.1) is 34.7 Å². The van der Waals surface area contributed by atoms with E-state index < -0.39 is 33.4 Å². The van der Waals surface area contributed by atoms with Gasteiger partial charge in [-0.25, -0.2) is 12.6 Å². The van der Waals surface area contributed by atoms with Gasteiger partial charge in [0.1, 0.15) is 29.7 Å². The van der Waals surface area contributed by atoms with E-state index in [2.05, 4.69) is 52.2 Å². The number of methoxy groups -OCH3 is 1. The molecule has 35 heteroatoms. The zero-order valence-corrected chi connectivity index (χ0v) is 55.4. The smallest absolute Gasteiger partial charge is 0.263 e. The van der Waals surface area contributed by atoms with E-state index in [1.165, 1.54) is 128 Å². The molecule has 1 saturated heterocycles. The number of ketones is 3. The molecule has 3 unspecified atom stereocenters. The fraction of sp³-hybridized carbons (Fsp3) is 0.708. The molecule has 3 rings (SSSR count). The van der Waals surface area contributed by atoms with Gasteiger partial charge in [-0.15, -0.1) is 0 Å². The molecular formula is C48H97B6N8O18S3. The normalized spacial score (nSPS) is 10.8. The van der Waals surface area contributed by atoms with E-state index in [1.807, 2.05) is 54.9 Å². The van der Waals surface area contributed by atoms with Crippen LogP contribution in [0.1, 0.15) is 129 Å². The number of hydrogen-bond donors (Lipinski definition) is 2. The molecule has 1 aromatic heterocycles. The van der Waals surface area contributed by atoms with Crippen LogP contribution in [-0.2, 0) is 117 Å². The van der Waals surface area contributed by atoms with Crippen LogP contribution in [0.15, 0.2) is 5.86 Å². The summed E-state index contributed by atoms with van der Waals surface area (Å²) in [5.41, 5.74) is 7.04. The first kappa shape index (κ1) is 103. The van der Waals surface area contributed by atoms with Gasteiger partial charge in [0.25, 0.3) is 11.3 Å². The molecule has 83 heavy (non-hydrogen) atoms. The predicted molar refractivity (Wildman–Crippen MR) is 335 cm³/mol. The third-order valence-corrected chi connectivity index (χ3v) is 11.1. The Bertz CT molecular complexity index is 1870. The van der Waals surface area contributed by atoms with Crippen LogP contribution in [-0.4, -0.2) is 252 Å². The number of rotatable bonds is 14. The largest absolute Gasteiger partial charge is 0.377 e. The Morgan fingerprint density at radius 3 is 1.04 bits per heavy atom. The van der Waals surface area contributed by atoms with E-state index in [0.717, 1.165) is 26.2 Å². The minimum Gasteiger partial charge on any atom is -0.377 e. The molecule has 0 spiro atoms. The monoisotopic (exact) mass is 1240 g/mol. The summed E-state index contributed by atoms with van der Waals surface area (Å²) in [6.07, 6.45) is 1.19. The Labute approximate surface area is 511 Å². The second-order valence-electron chi connectivity index (χ2n) is 15.6. The molecule has 0 aromatic carbocycles. The molecule has 0 bridgehead atoms. The number of nitrogens with one attached hydrogen (secondary N) is 1. The maximum absolute atomic E-state index is 11.0. The third-order valence-electron chi connectivity index (χ3n) is 8.33. The maximum Gasteiger partial charge on any atom is 0.263 e. The molecule has 3 atom stereocenters. The van der Waals surface area contributed by atoms with Gasteiger partial charge in [-0.05, 0) is 27.2 Å². The molecule has 2 aliphatic rings. The van der Waals surface area contributed by atoms with E-state index >= 15 is 0 Å². The van der Waals surface area contributed by atoms with Crippen LogP contribution >= 0.6 is 0 Å². The van der Waals surface area contributed by atoms with Crippen LogP contribution in [0.25, 0.3) is 0 Å². The van der Waals surface area contributed by atoms with Gasteiger partial charge < -0.3 is 35.0 Å². The van der Waals surface area contributed by atoms with Crippen molar-refractivity contribution in [1.82, 2.24) is 34.1 Å². The van der Waals surface area contributed by atoms with Crippen molar-refractivity contribution in [1.29, 1.82) is 0 Å². The standard InChI is InChI=1S/C7H8B3NO.2C7H14N2O2.C5H9NO.2C4H8O3S.C4H8O2.C3H7NO3S.C2H5NO.2C2H6.CH4.B2.B/c1-5(12)11-2-6-7(3-11)10-9-4-8-6;2*1-6(10)8(3)5-9(4)7(2)11;1-5(7)6-3-2-4-6;2*1-4(5)3-8(6)7-2;1-4(5)3-6-2;1-3(5)4-8(6)7-2;1-2(3)4;2*1-2;;1-2;/h4H,2-3H2,1H3;2*5H2,1-4H3;2-4H2,1H3;2*3H2,1-2H3;3H2,1-2H3;1-2H3,(H,4,5);1H3,(H2,3,4);2*1-2H3;1H4;;. The number of amides is 8. The van der Waals surface area contributed by atoms with Crippen molar-refractivity contribution in [2.75, 3.05) is 101 Å². The van der Waals surface area contributed by atoms with Gasteiger partial charge >= 0.3 is 72.9 Å². The van der Waals surface area contributed by atoms with Gasteiger partial charge in [-0.1, -0.05) is 35.1 Å². The molecule has 1 aromatic rings. The first-order valence-electron chi connectivity index (χ1n) is 24.6. The summed E-state index contributed by atoms with van der Waals surface area (Å²) in [7, 11) is 20.0. The Balaban J connectivity index is -0.0000000778. The molecule has 3 heterocycles. The summed E-state index contributed by atoms with van der Waals surface area (Å²) in [6, 6.07) is 0. The van der Waals surface area contributed by atoms with E-state index in [-0.39, 0.29) is 98.6 Å². The average Bonchev–Trinajstić information content (AvgIpc) is 3.81. The van der Waals surface area contributed by atoms with E-state index in [0.29, 0.717) is 13.3 Å². The van der Waals surface area contributed by atoms with Gasteiger partial charge in [0, 0.05) is 121 Å². The molecule has 0 saturated carbocycles. The number of Topliss-reactive ketones (excluding diaryl/α,β-unsaturated/α-hetero) is 3. The summed E-state index contributed by atoms with van der Waals surface area (Å²) in [5, 5.41) is 0. The van der Waals surface area contributed by atoms with Gasteiger partial charge in [-0.3, -0.25) is 65.2 Å². The van der Waals surface area contributed by atoms with Crippen LogP contribution in [0.4, 0.5) is 0 Å². The topological polar surface area (TPSA) is 333 Å². The first-order chi connectivity index (χ1) is 37.5. The van der Waals surface area contributed by atoms with Crippen LogP contribution < -0.4 is 10.5 Å².